The zero-order valence-corrected chi connectivity index (χ0v) is 24.3. The van der Waals surface area contributed by atoms with Gasteiger partial charge in [-0.15, -0.1) is 0 Å². The minimum Gasteiger partial charge on any atom is -0.460 e. The van der Waals surface area contributed by atoms with Crippen LogP contribution in [-0.2, 0) is 18.8 Å². The first-order valence-corrected chi connectivity index (χ1v) is 14.5. The highest BCUT2D eigenvalue weighted by atomic mass is 16.6. The molecular formula is C34H30B2O8. The SMILES string of the molecule is CC(=O)OC(C)[C@]1(OB(O)c2ccccc2)CC2=C(C(=O)c3cc4ccccc4cc3C2=O)[C@@H](OB(O)c2ccccc2)C1. The third kappa shape index (κ3) is 5.53. The molecule has 4 aromatic carbocycles. The Morgan fingerprint density at radius 2 is 1.34 bits per heavy atom. The van der Waals surface area contributed by atoms with Gasteiger partial charge in [0.25, 0.3) is 0 Å². The lowest BCUT2D eigenvalue weighted by molar-refractivity contribution is -0.162. The van der Waals surface area contributed by atoms with E-state index in [1.807, 2.05) is 24.3 Å². The lowest BCUT2D eigenvalue weighted by Gasteiger charge is -2.47. The molecular weight excluding hydrogens is 558 g/mol. The number of ether oxygens (including phenoxy) is 1. The third-order valence-electron chi connectivity index (χ3n) is 8.44. The van der Waals surface area contributed by atoms with Crippen molar-refractivity contribution in [2.75, 3.05) is 0 Å². The summed E-state index contributed by atoms with van der Waals surface area (Å²) in [7, 11) is -2.91. The summed E-state index contributed by atoms with van der Waals surface area (Å²) in [6, 6.07) is 28.2. The molecule has 10 heteroatoms. The van der Waals surface area contributed by atoms with Crippen LogP contribution in [0.4, 0.5) is 0 Å². The highest BCUT2D eigenvalue weighted by Crippen LogP contribution is 2.45. The monoisotopic (exact) mass is 588 g/mol. The van der Waals surface area contributed by atoms with Gasteiger partial charge >= 0.3 is 20.2 Å². The van der Waals surface area contributed by atoms with Gasteiger partial charge in [-0.1, -0.05) is 84.9 Å². The van der Waals surface area contributed by atoms with Crippen LogP contribution in [0, 0.1) is 0 Å². The standard InChI is InChI=1S/C34H30B2O8/c1-21(42-22(2)37)34(44-36(41)26-15-7-4-8-16-26)19-29-31(30(20-34)43-35(40)25-13-5-3-6-14-25)33(39)28-18-24-12-10-9-11-23(24)17-27(28)32(29)38/h3-18,21,30,40-41H,19-20H2,1-2H3/t21?,30-,34-/m0/s1. The van der Waals surface area contributed by atoms with Crippen LogP contribution in [0.2, 0.25) is 0 Å². The summed E-state index contributed by atoms with van der Waals surface area (Å²) in [5, 5.41) is 24.0. The summed E-state index contributed by atoms with van der Waals surface area (Å²) in [6.45, 7) is 2.88. The Labute approximate surface area is 255 Å². The molecule has 4 aromatic rings. The third-order valence-corrected chi connectivity index (χ3v) is 8.44. The van der Waals surface area contributed by atoms with Gasteiger partial charge in [0.2, 0.25) is 0 Å². The van der Waals surface area contributed by atoms with Crippen molar-refractivity contribution in [3.63, 3.8) is 0 Å². The predicted molar refractivity (Wildman–Crippen MR) is 167 cm³/mol. The number of carbonyl (C=O) groups is 3. The molecule has 0 spiro atoms. The Kier molecular flexibility index (Phi) is 8.09. The number of rotatable bonds is 8. The van der Waals surface area contributed by atoms with Crippen LogP contribution in [0.1, 0.15) is 47.4 Å². The molecule has 3 atom stereocenters. The van der Waals surface area contributed by atoms with Crippen molar-refractivity contribution in [1.29, 1.82) is 0 Å². The number of esters is 1. The molecule has 0 heterocycles. The smallest absolute Gasteiger partial charge is 0.460 e. The molecule has 0 fully saturated rings. The Bertz CT molecular complexity index is 1770. The molecule has 0 saturated heterocycles. The van der Waals surface area contributed by atoms with E-state index >= 15 is 0 Å². The molecule has 44 heavy (non-hydrogen) atoms. The maximum Gasteiger partial charge on any atom is 0.491 e. The second-order valence-electron chi connectivity index (χ2n) is 11.3. The largest absolute Gasteiger partial charge is 0.491 e. The van der Waals surface area contributed by atoms with Gasteiger partial charge in [-0.2, -0.15) is 0 Å². The van der Waals surface area contributed by atoms with Crippen LogP contribution < -0.4 is 10.9 Å². The molecule has 0 saturated carbocycles. The van der Waals surface area contributed by atoms with Crippen molar-refractivity contribution in [3.05, 3.63) is 119 Å². The molecule has 2 N–H and O–H groups in total. The Balaban J connectivity index is 1.49. The Hall–Kier alpha value is -4.34. The van der Waals surface area contributed by atoms with E-state index in [2.05, 4.69) is 0 Å². The van der Waals surface area contributed by atoms with Crippen LogP contribution in [0.5, 0.6) is 0 Å². The molecule has 0 aliphatic heterocycles. The van der Waals surface area contributed by atoms with Crippen molar-refractivity contribution in [3.8, 4) is 0 Å². The van der Waals surface area contributed by atoms with E-state index in [4.69, 9.17) is 14.0 Å². The maximum absolute atomic E-state index is 14.3. The molecule has 2 aliphatic carbocycles. The molecule has 0 radical (unpaired) electrons. The molecule has 2 aliphatic rings. The van der Waals surface area contributed by atoms with Gasteiger partial charge in [-0.05, 0) is 40.8 Å². The topological polar surface area (TPSA) is 119 Å². The molecule has 0 bridgehead atoms. The summed E-state index contributed by atoms with van der Waals surface area (Å²) in [6.07, 6.45) is -2.37. The average Bonchev–Trinajstić information content (AvgIpc) is 3.03. The van der Waals surface area contributed by atoms with Crippen LogP contribution in [0.25, 0.3) is 10.8 Å². The zero-order valence-electron chi connectivity index (χ0n) is 24.3. The first kappa shape index (κ1) is 29.7. The number of hydrogen-bond donors (Lipinski definition) is 2. The fourth-order valence-corrected chi connectivity index (χ4v) is 6.21. The van der Waals surface area contributed by atoms with Crippen molar-refractivity contribution in [2.45, 2.75) is 44.5 Å². The van der Waals surface area contributed by atoms with E-state index in [9.17, 15) is 24.4 Å². The number of ketones is 2. The van der Waals surface area contributed by atoms with E-state index in [1.165, 1.54) is 6.92 Å². The van der Waals surface area contributed by atoms with Crippen molar-refractivity contribution >= 4 is 53.5 Å². The van der Waals surface area contributed by atoms with Gasteiger partial charge in [0.05, 0.1) is 11.7 Å². The quantitative estimate of drug-likeness (QED) is 0.238. The van der Waals surface area contributed by atoms with E-state index < -0.39 is 38.0 Å². The first-order valence-electron chi connectivity index (χ1n) is 14.5. The van der Waals surface area contributed by atoms with Crippen LogP contribution in [0.3, 0.4) is 0 Å². The van der Waals surface area contributed by atoms with Gasteiger partial charge < -0.3 is 24.1 Å². The number of carbonyl (C=O) groups excluding carboxylic acids is 3. The van der Waals surface area contributed by atoms with Crippen LogP contribution in [0.15, 0.2) is 108 Å². The minimum absolute atomic E-state index is 0.101. The van der Waals surface area contributed by atoms with Gasteiger partial charge in [-0.3, -0.25) is 14.4 Å². The van der Waals surface area contributed by atoms with Gasteiger partial charge in [0.1, 0.15) is 6.10 Å². The molecule has 8 nitrogen and oxygen atoms in total. The van der Waals surface area contributed by atoms with E-state index in [-0.39, 0.29) is 46.7 Å². The number of hydrogen-bond acceptors (Lipinski definition) is 8. The van der Waals surface area contributed by atoms with E-state index in [0.717, 1.165) is 10.8 Å². The highest BCUT2D eigenvalue weighted by molar-refractivity contribution is 6.60. The lowest BCUT2D eigenvalue weighted by atomic mass is 9.66. The number of Topliss-reactive ketones (excluding diaryl/α,β-unsaturated/α-hetero) is 2. The summed E-state index contributed by atoms with van der Waals surface area (Å²) in [5.74, 6) is -1.36. The van der Waals surface area contributed by atoms with Gasteiger partial charge in [0, 0.05) is 42.0 Å². The number of benzene rings is 4. The van der Waals surface area contributed by atoms with Crippen molar-refractivity contribution in [2.24, 2.45) is 0 Å². The van der Waals surface area contributed by atoms with E-state index in [0.29, 0.717) is 10.9 Å². The highest BCUT2D eigenvalue weighted by Gasteiger charge is 2.53. The van der Waals surface area contributed by atoms with Gasteiger partial charge in [0.15, 0.2) is 11.6 Å². The lowest BCUT2D eigenvalue weighted by Crippen LogP contribution is -2.58. The summed E-state index contributed by atoms with van der Waals surface area (Å²) in [4.78, 5) is 40.7. The summed E-state index contributed by atoms with van der Waals surface area (Å²) in [5.41, 5.74) is 0.141. The van der Waals surface area contributed by atoms with Crippen LogP contribution >= 0.6 is 0 Å². The second-order valence-corrected chi connectivity index (χ2v) is 11.3. The second kappa shape index (κ2) is 12.0. The average molecular weight is 588 g/mol. The Morgan fingerprint density at radius 3 is 1.91 bits per heavy atom. The molecule has 1 unspecified atom stereocenters. The van der Waals surface area contributed by atoms with Crippen molar-refractivity contribution in [1.82, 2.24) is 0 Å². The minimum atomic E-state index is -1.51. The summed E-state index contributed by atoms with van der Waals surface area (Å²) < 4.78 is 18.2. The Morgan fingerprint density at radius 1 is 0.818 bits per heavy atom. The molecule has 0 aromatic heterocycles. The van der Waals surface area contributed by atoms with Crippen molar-refractivity contribution < 1.29 is 38.5 Å². The summed E-state index contributed by atoms with van der Waals surface area (Å²) >= 11 is 0. The maximum atomic E-state index is 14.3. The van der Waals surface area contributed by atoms with Crippen LogP contribution in [-0.4, -0.2) is 59.6 Å². The molecule has 0 amide bonds. The number of fused-ring (bicyclic) bond motifs is 2. The normalized spacial score (nSPS) is 20.1. The van der Waals surface area contributed by atoms with Gasteiger partial charge in [-0.25, -0.2) is 0 Å². The molecule has 6 rings (SSSR count). The van der Waals surface area contributed by atoms with E-state index in [1.54, 1.807) is 79.7 Å². The predicted octanol–water partition coefficient (Wildman–Crippen LogP) is 3.18. The fourth-order valence-electron chi connectivity index (χ4n) is 6.21. The first-order chi connectivity index (χ1) is 21.2. The molecule has 220 valence electrons. The zero-order chi connectivity index (χ0) is 31.0. The fraction of sp³-hybridized carbons (Fsp3) is 0.206.